The van der Waals surface area contributed by atoms with Crippen LogP contribution in [-0.4, -0.2) is 21.0 Å². The van der Waals surface area contributed by atoms with Crippen molar-refractivity contribution >= 4 is 78.1 Å². The van der Waals surface area contributed by atoms with Gasteiger partial charge in [0, 0.05) is 17.2 Å². The van der Waals surface area contributed by atoms with Gasteiger partial charge >= 0.3 is 0 Å². The number of carbonyl (C=O) groups is 2. The molecule has 4 rings (SSSR count). The molecule has 2 amide bonds. The van der Waals surface area contributed by atoms with Crippen LogP contribution in [-0.2, 0) is 17.9 Å². The van der Waals surface area contributed by atoms with E-state index in [4.69, 9.17) is 16.3 Å². The number of non-ortho nitro benzene ring substituents is 1. The fourth-order valence-corrected chi connectivity index (χ4v) is 5.65. The lowest BCUT2D eigenvalue weighted by atomic mass is 10.2. The zero-order chi connectivity index (χ0) is 25.1. The Labute approximate surface area is 226 Å². The molecule has 1 heterocycles. The largest absolute Gasteiger partial charge is 0.487 e. The minimum absolute atomic E-state index is 0.0326. The fourth-order valence-electron chi connectivity index (χ4n) is 3.23. The smallest absolute Gasteiger partial charge is 0.293 e. The lowest BCUT2D eigenvalue weighted by Crippen LogP contribution is -2.27. The van der Waals surface area contributed by atoms with Crippen molar-refractivity contribution in [3.8, 4) is 5.75 Å². The van der Waals surface area contributed by atoms with Crippen molar-refractivity contribution in [1.29, 1.82) is 0 Å². The van der Waals surface area contributed by atoms with Crippen LogP contribution in [0.5, 0.6) is 5.75 Å². The number of nitro benzene ring substituents is 1. The number of rotatable bonds is 7. The molecule has 1 fully saturated rings. The minimum Gasteiger partial charge on any atom is -0.487 e. The zero-order valence-corrected chi connectivity index (χ0v) is 22.5. The Hall–Kier alpha value is -2.66. The number of hydrogen-bond donors (Lipinski definition) is 0. The summed E-state index contributed by atoms with van der Waals surface area (Å²) < 4.78 is 7.29. The lowest BCUT2D eigenvalue weighted by Gasteiger charge is -2.12. The number of hydrogen-bond acceptors (Lipinski definition) is 6. The van der Waals surface area contributed by atoms with Crippen molar-refractivity contribution in [3.05, 3.63) is 106 Å². The summed E-state index contributed by atoms with van der Waals surface area (Å²) >= 11 is 13.8. The molecule has 11 heteroatoms. The molecule has 1 aliphatic heterocycles. The van der Waals surface area contributed by atoms with Crippen LogP contribution in [0, 0.1) is 10.1 Å². The molecular formula is C24H15Br2ClN2O5S. The normalized spacial score (nSPS) is 14.6. The van der Waals surface area contributed by atoms with Crippen LogP contribution in [0.3, 0.4) is 0 Å². The van der Waals surface area contributed by atoms with E-state index in [0.29, 0.717) is 37.5 Å². The van der Waals surface area contributed by atoms with Crippen LogP contribution in [0.25, 0.3) is 6.08 Å². The molecule has 0 bridgehead atoms. The van der Waals surface area contributed by atoms with E-state index in [1.807, 2.05) is 12.1 Å². The maximum Gasteiger partial charge on any atom is 0.293 e. The van der Waals surface area contributed by atoms with Crippen LogP contribution in [0.1, 0.15) is 16.7 Å². The van der Waals surface area contributed by atoms with Crippen LogP contribution < -0.4 is 4.74 Å². The molecule has 0 N–H and O–H groups in total. The summed E-state index contributed by atoms with van der Waals surface area (Å²) in [5, 5.41) is 11.1. The van der Waals surface area contributed by atoms with E-state index in [1.165, 1.54) is 24.3 Å². The van der Waals surface area contributed by atoms with Crippen LogP contribution >= 0.6 is 55.2 Å². The minimum atomic E-state index is -0.503. The molecule has 0 saturated carbocycles. The van der Waals surface area contributed by atoms with Crippen molar-refractivity contribution in [3.63, 3.8) is 0 Å². The Morgan fingerprint density at radius 1 is 1.00 bits per heavy atom. The molecule has 7 nitrogen and oxygen atoms in total. The van der Waals surface area contributed by atoms with E-state index in [1.54, 1.807) is 30.3 Å². The molecule has 0 spiro atoms. The Morgan fingerprint density at radius 3 is 2.20 bits per heavy atom. The van der Waals surface area contributed by atoms with Gasteiger partial charge < -0.3 is 4.74 Å². The molecule has 1 aliphatic rings. The van der Waals surface area contributed by atoms with Gasteiger partial charge in [-0.3, -0.25) is 24.6 Å². The van der Waals surface area contributed by atoms with Gasteiger partial charge in [-0.2, -0.15) is 0 Å². The van der Waals surface area contributed by atoms with Crippen molar-refractivity contribution in [1.82, 2.24) is 4.90 Å². The molecule has 178 valence electrons. The Kier molecular flexibility index (Phi) is 7.95. The summed E-state index contributed by atoms with van der Waals surface area (Å²) in [7, 11) is 0. The second kappa shape index (κ2) is 10.9. The van der Waals surface area contributed by atoms with Crippen molar-refractivity contribution in [2.45, 2.75) is 13.2 Å². The second-order valence-electron chi connectivity index (χ2n) is 7.42. The maximum atomic E-state index is 12.9. The SMILES string of the molecule is O=C1S/C(=C\c2cc(Br)c(OCc3ccc(Cl)cc3)c(Br)c2)C(=O)N1Cc1ccc([N+](=O)[O-])cc1. The predicted octanol–water partition coefficient (Wildman–Crippen LogP) is 7.59. The second-order valence-corrected chi connectivity index (χ2v) is 10.6. The average molecular weight is 639 g/mol. The fraction of sp³-hybridized carbons (Fsp3) is 0.0833. The number of nitrogens with zero attached hydrogens (tertiary/aromatic N) is 2. The molecule has 0 aromatic heterocycles. The number of amides is 2. The number of imide groups is 1. The zero-order valence-electron chi connectivity index (χ0n) is 17.7. The van der Waals surface area contributed by atoms with Gasteiger partial charge in [0.15, 0.2) is 0 Å². The topological polar surface area (TPSA) is 89.8 Å². The highest BCUT2D eigenvalue weighted by Crippen LogP contribution is 2.38. The number of nitro groups is 1. The van der Waals surface area contributed by atoms with E-state index in [0.717, 1.165) is 22.2 Å². The third kappa shape index (κ3) is 6.13. The predicted molar refractivity (Wildman–Crippen MR) is 142 cm³/mol. The van der Waals surface area contributed by atoms with Crippen molar-refractivity contribution < 1.29 is 19.2 Å². The average Bonchev–Trinajstić information content (AvgIpc) is 3.07. The standard InChI is InChI=1S/C24H15Br2ClN2O5S/c25-19-9-16(10-20(26)22(19)34-13-15-1-5-17(27)6-2-15)11-21-23(30)28(24(31)35-21)12-14-3-7-18(8-4-14)29(32)33/h1-11H,12-13H2/b21-11-. The van der Waals surface area contributed by atoms with Crippen LogP contribution in [0.2, 0.25) is 5.02 Å². The van der Waals surface area contributed by atoms with E-state index in [9.17, 15) is 19.7 Å². The summed E-state index contributed by atoms with van der Waals surface area (Å²) in [6, 6.07) is 16.7. The number of halogens is 3. The molecule has 1 saturated heterocycles. The summed E-state index contributed by atoms with van der Waals surface area (Å²) in [4.78, 5) is 37.0. The first-order valence-electron chi connectivity index (χ1n) is 10.1. The molecule has 0 radical (unpaired) electrons. The molecule has 0 atom stereocenters. The van der Waals surface area contributed by atoms with Gasteiger partial charge in [0.05, 0.1) is 25.3 Å². The van der Waals surface area contributed by atoms with E-state index >= 15 is 0 Å². The highest BCUT2D eigenvalue weighted by Gasteiger charge is 2.35. The third-order valence-electron chi connectivity index (χ3n) is 4.98. The quantitative estimate of drug-likeness (QED) is 0.151. The van der Waals surface area contributed by atoms with Crippen molar-refractivity contribution in [2.75, 3.05) is 0 Å². The third-order valence-corrected chi connectivity index (χ3v) is 7.31. The first kappa shape index (κ1) is 25.4. The molecule has 3 aromatic carbocycles. The van der Waals surface area contributed by atoms with E-state index in [-0.39, 0.29) is 17.1 Å². The Bertz CT molecular complexity index is 1320. The molecule has 3 aromatic rings. The molecular weight excluding hydrogens is 624 g/mol. The Balaban J connectivity index is 1.47. The number of carbonyl (C=O) groups excluding carboxylic acids is 2. The van der Waals surface area contributed by atoms with Crippen LogP contribution in [0.4, 0.5) is 10.5 Å². The number of ether oxygens (including phenoxy) is 1. The van der Waals surface area contributed by atoms with Gasteiger partial charge in [0.1, 0.15) is 12.4 Å². The van der Waals surface area contributed by atoms with Gasteiger partial charge in [-0.1, -0.05) is 35.9 Å². The first-order chi connectivity index (χ1) is 16.7. The van der Waals surface area contributed by atoms with Gasteiger partial charge in [-0.05, 0) is 90.7 Å². The molecule has 0 aliphatic carbocycles. The summed E-state index contributed by atoms with van der Waals surface area (Å²) in [5.74, 6) is 0.178. The van der Waals surface area contributed by atoms with E-state index < -0.39 is 16.1 Å². The summed E-state index contributed by atoms with van der Waals surface area (Å²) in [6.07, 6.45) is 1.64. The van der Waals surface area contributed by atoms with Gasteiger partial charge in [-0.15, -0.1) is 0 Å². The Morgan fingerprint density at radius 2 is 1.60 bits per heavy atom. The summed E-state index contributed by atoms with van der Waals surface area (Å²) in [5.41, 5.74) is 2.22. The number of thioether (sulfide) groups is 1. The number of benzene rings is 3. The van der Waals surface area contributed by atoms with Gasteiger partial charge in [0.25, 0.3) is 16.8 Å². The molecule has 35 heavy (non-hydrogen) atoms. The monoisotopic (exact) mass is 636 g/mol. The first-order valence-corrected chi connectivity index (χ1v) is 12.8. The molecule has 0 unspecified atom stereocenters. The highest BCUT2D eigenvalue weighted by molar-refractivity contribution is 9.11. The van der Waals surface area contributed by atoms with E-state index in [2.05, 4.69) is 31.9 Å². The summed E-state index contributed by atoms with van der Waals surface area (Å²) in [6.45, 7) is 0.375. The van der Waals surface area contributed by atoms with Crippen LogP contribution in [0.15, 0.2) is 74.5 Å². The van der Waals surface area contributed by atoms with Gasteiger partial charge in [0.2, 0.25) is 0 Å². The van der Waals surface area contributed by atoms with Crippen molar-refractivity contribution in [2.24, 2.45) is 0 Å². The highest BCUT2D eigenvalue weighted by atomic mass is 79.9. The lowest BCUT2D eigenvalue weighted by molar-refractivity contribution is -0.384. The maximum absolute atomic E-state index is 12.9. The van der Waals surface area contributed by atoms with Gasteiger partial charge in [-0.25, -0.2) is 0 Å².